The van der Waals surface area contributed by atoms with Gasteiger partial charge in [-0.2, -0.15) is 0 Å². The predicted octanol–water partition coefficient (Wildman–Crippen LogP) is 1.19. The molecule has 0 saturated carbocycles. The van der Waals surface area contributed by atoms with Gasteiger partial charge in [0.2, 0.25) is 0 Å². The Kier molecular flexibility index (Phi) is 5.69. The predicted molar refractivity (Wildman–Crippen MR) is 70.2 cm³/mol. The van der Waals surface area contributed by atoms with E-state index in [1.807, 2.05) is 6.92 Å². The summed E-state index contributed by atoms with van der Waals surface area (Å²) in [7, 11) is 0. The highest BCUT2D eigenvalue weighted by atomic mass is 16.1. The minimum atomic E-state index is -0.0658. The largest absolute Gasteiger partial charge is 0.361 e. The molecule has 0 bridgehead atoms. The zero-order valence-electron chi connectivity index (χ0n) is 10.6. The molecule has 1 heterocycles. The molecule has 0 aliphatic carbocycles. The third kappa shape index (κ3) is 3.85. The number of nitrogens with zero attached hydrogens (tertiary/aromatic N) is 2. The van der Waals surface area contributed by atoms with Crippen molar-refractivity contribution in [2.45, 2.75) is 45.7 Å². The molecule has 3 N–H and O–H groups in total. The lowest BCUT2D eigenvalue weighted by atomic mass is 10.2. The molecule has 1 rings (SSSR count). The number of aromatic nitrogens is 2. The van der Waals surface area contributed by atoms with Gasteiger partial charge in [0, 0.05) is 31.5 Å². The molecule has 0 fully saturated rings. The van der Waals surface area contributed by atoms with Crippen molar-refractivity contribution in [1.82, 2.24) is 9.55 Å². The number of nitrogens with one attached hydrogen (secondary N) is 1. The lowest BCUT2D eigenvalue weighted by Crippen LogP contribution is -2.33. The van der Waals surface area contributed by atoms with E-state index in [1.54, 1.807) is 17.0 Å². The van der Waals surface area contributed by atoms with Crippen molar-refractivity contribution in [3.8, 4) is 0 Å². The van der Waals surface area contributed by atoms with E-state index in [4.69, 9.17) is 5.73 Å². The van der Waals surface area contributed by atoms with Gasteiger partial charge in [-0.1, -0.05) is 20.3 Å². The monoisotopic (exact) mass is 238 g/mol. The van der Waals surface area contributed by atoms with Crippen LogP contribution in [0.5, 0.6) is 0 Å². The fourth-order valence-electron chi connectivity index (χ4n) is 1.75. The Morgan fingerprint density at radius 2 is 2.24 bits per heavy atom. The van der Waals surface area contributed by atoms with E-state index in [9.17, 15) is 4.79 Å². The number of hydrogen-bond acceptors (Lipinski definition) is 4. The Labute approximate surface area is 102 Å². The van der Waals surface area contributed by atoms with Crippen LogP contribution in [-0.2, 0) is 6.54 Å². The first-order valence-electron chi connectivity index (χ1n) is 6.24. The Balaban J connectivity index is 2.83. The molecule has 96 valence electrons. The molecule has 1 aromatic heterocycles. The summed E-state index contributed by atoms with van der Waals surface area (Å²) in [6.45, 7) is 5.37. The lowest BCUT2D eigenvalue weighted by Gasteiger charge is -2.16. The number of aryl methyl sites for hydroxylation is 1. The minimum Gasteiger partial charge on any atom is -0.361 e. The van der Waals surface area contributed by atoms with Gasteiger partial charge in [0.1, 0.15) is 0 Å². The van der Waals surface area contributed by atoms with Gasteiger partial charge in [0.05, 0.1) is 0 Å². The average molecular weight is 238 g/mol. The zero-order chi connectivity index (χ0) is 12.7. The van der Waals surface area contributed by atoms with E-state index in [2.05, 4.69) is 17.2 Å². The first kappa shape index (κ1) is 13.7. The summed E-state index contributed by atoms with van der Waals surface area (Å²) in [6, 6.07) is 0.123. The molecule has 5 nitrogen and oxygen atoms in total. The minimum absolute atomic E-state index is 0.0658. The molecule has 0 amide bonds. The third-order valence-electron chi connectivity index (χ3n) is 2.64. The van der Waals surface area contributed by atoms with Crippen molar-refractivity contribution < 1.29 is 0 Å². The lowest BCUT2D eigenvalue weighted by molar-refractivity contribution is 0.627. The summed E-state index contributed by atoms with van der Waals surface area (Å²) in [5, 5.41) is 3.13. The van der Waals surface area contributed by atoms with Crippen LogP contribution in [0.2, 0.25) is 0 Å². The molecule has 0 aromatic carbocycles. The number of anilines is 1. The molecular formula is C12H22N4O. The molecule has 0 radical (unpaired) electrons. The van der Waals surface area contributed by atoms with Crippen LogP contribution in [0.3, 0.4) is 0 Å². The summed E-state index contributed by atoms with van der Waals surface area (Å²) in [4.78, 5) is 16.1. The summed E-state index contributed by atoms with van der Waals surface area (Å²) in [5.74, 6) is 0.407. The van der Waals surface area contributed by atoms with Crippen molar-refractivity contribution in [2.75, 3.05) is 11.9 Å². The third-order valence-corrected chi connectivity index (χ3v) is 2.64. The highest BCUT2D eigenvalue weighted by Crippen LogP contribution is 2.02. The Bertz CT molecular complexity index is 388. The van der Waals surface area contributed by atoms with E-state index in [0.717, 1.165) is 25.8 Å². The molecule has 5 heteroatoms. The number of hydrogen-bond donors (Lipinski definition) is 2. The molecule has 0 spiro atoms. The first-order valence-corrected chi connectivity index (χ1v) is 6.24. The highest BCUT2D eigenvalue weighted by Gasteiger charge is 2.09. The number of rotatable bonds is 7. The maximum absolute atomic E-state index is 12.0. The fourth-order valence-corrected chi connectivity index (χ4v) is 1.75. The van der Waals surface area contributed by atoms with Crippen LogP contribution in [0.4, 0.5) is 5.82 Å². The molecule has 0 aliphatic rings. The quantitative estimate of drug-likeness (QED) is 0.748. The van der Waals surface area contributed by atoms with Crippen molar-refractivity contribution >= 4 is 5.82 Å². The maximum atomic E-state index is 12.0. The number of nitrogens with two attached hydrogens (primary N) is 1. The second-order valence-electron chi connectivity index (χ2n) is 4.14. The van der Waals surface area contributed by atoms with Gasteiger partial charge in [0.15, 0.2) is 5.82 Å². The van der Waals surface area contributed by atoms with Crippen molar-refractivity contribution in [3.63, 3.8) is 0 Å². The SMILES string of the molecule is CCCC(CN)Nc1nccn(CCC)c1=O. The van der Waals surface area contributed by atoms with Crippen LogP contribution < -0.4 is 16.6 Å². The molecule has 1 unspecified atom stereocenters. The van der Waals surface area contributed by atoms with E-state index < -0.39 is 0 Å². The Morgan fingerprint density at radius 3 is 2.82 bits per heavy atom. The van der Waals surface area contributed by atoms with E-state index in [0.29, 0.717) is 12.4 Å². The summed E-state index contributed by atoms with van der Waals surface area (Å²) < 4.78 is 1.68. The molecular weight excluding hydrogens is 216 g/mol. The first-order chi connectivity index (χ1) is 8.22. The van der Waals surface area contributed by atoms with Crippen molar-refractivity contribution in [1.29, 1.82) is 0 Å². The second kappa shape index (κ2) is 7.06. The van der Waals surface area contributed by atoms with Crippen LogP contribution in [0.15, 0.2) is 17.2 Å². The van der Waals surface area contributed by atoms with Gasteiger partial charge in [0.25, 0.3) is 5.56 Å². The Morgan fingerprint density at radius 1 is 1.47 bits per heavy atom. The summed E-state index contributed by atoms with van der Waals surface area (Å²) in [5.41, 5.74) is 5.59. The molecule has 0 saturated heterocycles. The van der Waals surface area contributed by atoms with E-state index in [-0.39, 0.29) is 11.6 Å². The zero-order valence-corrected chi connectivity index (χ0v) is 10.6. The highest BCUT2D eigenvalue weighted by molar-refractivity contribution is 5.32. The van der Waals surface area contributed by atoms with Gasteiger partial charge in [-0.3, -0.25) is 4.79 Å². The molecule has 17 heavy (non-hydrogen) atoms. The van der Waals surface area contributed by atoms with Crippen LogP contribution >= 0.6 is 0 Å². The van der Waals surface area contributed by atoms with E-state index >= 15 is 0 Å². The molecule has 0 aliphatic heterocycles. The van der Waals surface area contributed by atoms with Crippen molar-refractivity contribution in [3.05, 3.63) is 22.7 Å². The van der Waals surface area contributed by atoms with E-state index in [1.165, 1.54) is 0 Å². The van der Waals surface area contributed by atoms with Crippen LogP contribution in [0, 0.1) is 0 Å². The van der Waals surface area contributed by atoms with Gasteiger partial charge in [-0.15, -0.1) is 0 Å². The maximum Gasteiger partial charge on any atom is 0.293 e. The van der Waals surface area contributed by atoms with Gasteiger partial charge in [-0.25, -0.2) is 4.98 Å². The van der Waals surface area contributed by atoms with Crippen molar-refractivity contribution in [2.24, 2.45) is 5.73 Å². The van der Waals surface area contributed by atoms with Crippen LogP contribution in [-0.4, -0.2) is 22.1 Å². The summed E-state index contributed by atoms with van der Waals surface area (Å²) >= 11 is 0. The topological polar surface area (TPSA) is 72.9 Å². The van der Waals surface area contributed by atoms with Crippen LogP contribution in [0.25, 0.3) is 0 Å². The molecule has 1 aromatic rings. The smallest absolute Gasteiger partial charge is 0.293 e. The van der Waals surface area contributed by atoms with Gasteiger partial charge < -0.3 is 15.6 Å². The average Bonchev–Trinajstić information content (AvgIpc) is 2.33. The normalized spacial score (nSPS) is 12.4. The van der Waals surface area contributed by atoms with Gasteiger partial charge in [-0.05, 0) is 12.8 Å². The van der Waals surface area contributed by atoms with Gasteiger partial charge >= 0.3 is 0 Å². The fraction of sp³-hybridized carbons (Fsp3) is 0.667. The standard InChI is InChI=1S/C12H22N4O/c1-3-5-10(9-13)15-11-12(17)16(7-4-2)8-6-14-11/h6,8,10H,3-5,7,9,13H2,1-2H3,(H,14,15). The second-order valence-corrected chi connectivity index (χ2v) is 4.14. The summed E-state index contributed by atoms with van der Waals surface area (Å²) in [6.07, 6.45) is 6.27. The van der Waals surface area contributed by atoms with Crippen LogP contribution in [0.1, 0.15) is 33.1 Å². The Hall–Kier alpha value is -1.36. The molecule has 1 atom stereocenters.